The van der Waals surface area contributed by atoms with E-state index in [0.717, 1.165) is 16.8 Å². The summed E-state index contributed by atoms with van der Waals surface area (Å²) >= 11 is 6.03. The number of nitrogen functional groups attached to an aromatic ring is 1. The molecule has 0 saturated carbocycles. The number of ether oxygens (including phenoxy) is 1. The molecule has 0 spiro atoms. The predicted molar refractivity (Wildman–Crippen MR) is 96.9 cm³/mol. The fourth-order valence-electron chi connectivity index (χ4n) is 2.97. The average Bonchev–Trinajstić information content (AvgIpc) is 3.05. The van der Waals surface area contributed by atoms with E-state index in [-0.39, 0.29) is 27.4 Å². The Morgan fingerprint density at radius 2 is 1.96 bits per heavy atom. The number of fused-ring (bicyclic) bond motifs is 1. The van der Waals surface area contributed by atoms with Crippen molar-refractivity contribution in [2.45, 2.75) is 6.18 Å². The molecule has 8 nitrogen and oxygen atoms in total. The lowest BCUT2D eigenvalue weighted by Gasteiger charge is -2.26. The number of aromatic nitrogens is 4. The van der Waals surface area contributed by atoms with Crippen LogP contribution < -0.4 is 16.2 Å². The molecule has 3 aromatic rings. The molecule has 1 saturated heterocycles. The van der Waals surface area contributed by atoms with Gasteiger partial charge in [0.1, 0.15) is 11.1 Å². The van der Waals surface area contributed by atoms with Crippen molar-refractivity contribution in [3.05, 3.63) is 39.3 Å². The smallest absolute Gasteiger partial charge is 0.397 e. The van der Waals surface area contributed by atoms with Crippen molar-refractivity contribution in [2.24, 2.45) is 0 Å². The maximum Gasteiger partial charge on any atom is 0.416 e. The molecule has 0 bridgehead atoms. The molecule has 1 aromatic carbocycles. The predicted octanol–water partition coefficient (Wildman–Crippen LogP) is 2.20. The third-order valence-corrected chi connectivity index (χ3v) is 4.62. The third-order valence-electron chi connectivity index (χ3n) is 4.34. The summed E-state index contributed by atoms with van der Waals surface area (Å²) in [7, 11) is 0. The van der Waals surface area contributed by atoms with Gasteiger partial charge in [-0.2, -0.15) is 18.2 Å². The van der Waals surface area contributed by atoms with Crippen LogP contribution in [-0.2, 0) is 10.9 Å². The van der Waals surface area contributed by atoms with E-state index in [4.69, 9.17) is 22.1 Å². The van der Waals surface area contributed by atoms with Crippen LogP contribution in [0.5, 0.6) is 0 Å². The second-order valence-electron chi connectivity index (χ2n) is 6.19. The van der Waals surface area contributed by atoms with E-state index in [1.807, 2.05) is 4.90 Å². The van der Waals surface area contributed by atoms with E-state index >= 15 is 0 Å². The molecule has 3 N–H and O–H groups in total. The molecule has 1 aliphatic heterocycles. The number of anilines is 2. The third kappa shape index (κ3) is 3.27. The van der Waals surface area contributed by atoms with Gasteiger partial charge in [-0.3, -0.25) is 9.78 Å². The Hall–Kier alpha value is -2.79. The lowest BCUT2D eigenvalue weighted by molar-refractivity contribution is -0.137. The number of nitrogens with two attached hydrogens (primary N) is 1. The van der Waals surface area contributed by atoms with Gasteiger partial charge in [0, 0.05) is 19.3 Å². The second kappa shape index (κ2) is 6.67. The van der Waals surface area contributed by atoms with E-state index in [1.165, 1.54) is 6.20 Å². The SMILES string of the molecule is Nc1cc(C(F)(F)F)cc(Cl)c1-n1cc2c(=O)[nH]c(N3CCOCC3)nc2n1. The second-order valence-corrected chi connectivity index (χ2v) is 6.60. The number of nitrogens with zero attached hydrogens (tertiary/aromatic N) is 4. The highest BCUT2D eigenvalue weighted by Crippen LogP contribution is 2.36. The first-order valence-corrected chi connectivity index (χ1v) is 8.61. The maximum atomic E-state index is 12.9. The number of rotatable bonds is 2. The molecule has 2 aromatic heterocycles. The molecule has 148 valence electrons. The molecule has 4 rings (SSSR count). The van der Waals surface area contributed by atoms with E-state index in [9.17, 15) is 18.0 Å². The largest absolute Gasteiger partial charge is 0.416 e. The van der Waals surface area contributed by atoms with Crippen LogP contribution in [0.2, 0.25) is 5.02 Å². The van der Waals surface area contributed by atoms with Gasteiger partial charge in [0.05, 0.1) is 29.5 Å². The molecule has 12 heteroatoms. The highest BCUT2D eigenvalue weighted by atomic mass is 35.5. The Balaban J connectivity index is 1.80. The zero-order valence-electron chi connectivity index (χ0n) is 14.3. The summed E-state index contributed by atoms with van der Waals surface area (Å²) in [6.45, 7) is 2.14. The van der Waals surface area contributed by atoms with Crippen LogP contribution in [0.15, 0.2) is 23.1 Å². The average molecular weight is 415 g/mol. The number of alkyl halides is 3. The van der Waals surface area contributed by atoms with Gasteiger partial charge in [0.15, 0.2) is 5.65 Å². The van der Waals surface area contributed by atoms with Gasteiger partial charge < -0.3 is 15.4 Å². The normalized spacial score (nSPS) is 15.4. The lowest BCUT2D eigenvalue weighted by Crippen LogP contribution is -2.38. The van der Waals surface area contributed by atoms with Crippen LogP contribution in [0.4, 0.5) is 24.8 Å². The molecule has 0 amide bonds. The van der Waals surface area contributed by atoms with Crippen molar-refractivity contribution < 1.29 is 17.9 Å². The quantitative estimate of drug-likeness (QED) is 0.623. The minimum Gasteiger partial charge on any atom is -0.397 e. The maximum absolute atomic E-state index is 12.9. The summed E-state index contributed by atoms with van der Waals surface area (Å²) in [5.41, 5.74) is 4.32. The molecule has 1 aliphatic rings. The first-order valence-electron chi connectivity index (χ1n) is 8.23. The number of halogens is 4. The number of nitrogens with one attached hydrogen (secondary N) is 1. The van der Waals surface area contributed by atoms with Gasteiger partial charge in [-0.15, -0.1) is 5.10 Å². The fourth-order valence-corrected chi connectivity index (χ4v) is 3.28. The van der Waals surface area contributed by atoms with Crippen molar-refractivity contribution in [3.63, 3.8) is 0 Å². The van der Waals surface area contributed by atoms with Crippen LogP contribution in [0, 0.1) is 0 Å². The molecule has 0 atom stereocenters. The Labute approximate surface area is 160 Å². The van der Waals surface area contributed by atoms with E-state index < -0.39 is 17.3 Å². The topological polar surface area (TPSA) is 102 Å². The summed E-state index contributed by atoms with van der Waals surface area (Å²) in [4.78, 5) is 21.3. The highest BCUT2D eigenvalue weighted by Gasteiger charge is 2.32. The summed E-state index contributed by atoms with van der Waals surface area (Å²) in [6.07, 6.45) is -3.26. The fraction of sp³-hybridized carbons (Fsp3) is 0.312. The van der Waals surface area contributed by atoms with Crippen LogP contribution in [-0.4, -0.2) is 46.1 Å². The van der Waals surface area contributed by atoms with E-state index in [1.54, 1.807) is 0 Å². The van der Waals surface area contributed by atoms with E-state index in [0.29, 0.717) is 32.3 Å². The molecule has 0 radical (unpaired) electrons. The number of hydrogen-bond donors (Lipinski definition) is 2. The molecular formula is C16H14ClF3N6O2. The monoisotopic (exact) mass is 414 g/mol. The lowest BCUT2D eigenvalue weighted by atomic mass is 10.1. The Morgan fingerprint density at radius 3 is 2.61 bits per heavy atom. The highest BCUT2D eigenvalue weighted by molar-refractivity contribution is 6.33. The Kier molecular flexibility index (Phi) is 4.42. The molecule has 28 heavy (non-hydrogen) atoms. The summed E-state index contributed by atoms with van der Waals surface area (Å²) in [5, 5.41) is 4.11. The number of morpholine rings is 1. The molecule has 0 aliphatic carbocycles. The number of H-pyrrole nitrogens is 1. The number of aromatic amines is 1. The number of benzene rings is 1. The molecule has 1 fully saturated rings. The Bertz CT molecular complexity index is 1080. The van der Waals surface area contributed by atoms with Gasteiger partial charge in [-0.1, -0.05) is 11.6 Å². The molecular weight excluding hydrogens is 401 g/mol. The van der Waals surface area contributed by atoms with Crippen molar-refractivity contribution in [1.29, 1.82) is 0 Å². The van der Waals surface area contributed by atoms with Crippen LogP contribution >= 0.6 is 11.6 Å². The van der Waals surface area contributed by atoms with Gasteiger partial charge >= 0.3 is 6.18 Å². The van der Waals surface area contributed by atoms with Crippen molar-refractivity contribution in [2.75, 3.05) is 36.9 Å². The first kappa shape index (κ1) is 18.6. The van der Waals surface area contributed by atoms with Crippen molar-refractivity contribution in [1.82, 2.24) is 19.7 Å². The van der Waals surface area contributed by atoms with Crippen molar-refractivity contribution in [3.8, 4) is 5.69 Å². The van der Waals surface area contributed by atoms with E-state index in [2.05, 4.69) is 15.1 Å². The van der Waals surface area contributed by atoms with Gasteiger partial charge in [0.25, 0.3) is 5.56 Å². The Morgan fingerprint density at radius 1 is 1.25 bits per heavy atom. The first-order chi connectivity index (χ1) is 13.2. The van der Waals surface area contributed by atoms with Crippen LogP contribution in [0.1, 0.15) is 5.56 Å². The van der Waals surface area contributed by atoms with Crippen LogP contribution in [0.25, 0.3) is 16.7 Å². The molecule has 0 unspecified atom stereocenters. The minimum absolute atomic E-state index is 0.0417. The zero-order chi connectivity index (χ0) is 20.1. The van der Waals surface area contributed by atoms with Gasteiger partial charge in [-0.25, -0.2) is 4.68 Å². The van der Waals surface area contributed by atoms with Crippen molar-refractivity contribution >= 4 is 34.3 Å². The van der Waals surface area contributed by atoms with Crippen LogP contribution in [0.3, 0.4) is 0 Å². The minimum atomic E-state index is -4.59. The van der Waals surface area contributed by atoms with Gasteiger partial charge in [-0.05, 0) is 12.1 Å². The zero-order valence-corrected chi connectivity index (χ0v) is 15.0. The standard InChI is InChI=1S/C16H14ClF3N6O2/c17-10-5-8(16(18,19)20)6-11(21)12(10)26-7-9-13(24-26)22-15(23-14(9)27)25-1-3-28-4-2-25/h5-7H,1-4,21H2,(H,22,23,24,27). The van der Waals surface area contributed by atoms with Gasteiger partial charge in [0.2, 0.25) is 5.95 Å². The molecule has 3 heterocycles. The summed E-state index contributed by atoms with van der Waals surface area (Å²) in [6, 6.07) is 1.53. The summed E-state index contributed by atoms with van der Waals surface area (Å²) < 4.78 is 45.2. The number of hydrogen-bond acceptors (Lipinski definition) is 6. The summed E-state index contributed by atoms with van der Waals surface area (Å²) in [5.74, 6) is 0.345.